The van der Waals surface area contributed by atoms with E-state index in [1.807, 2.05) is 6.07 Å². The Balaban J connectivity index is 2.21. The smallest absolute Gasteiger partial charge is 0.389 e. The summed E-state index contributed by atoms with van der Waals surface area (Å²) in [5, 5.41) is 12.2. The number of carbonyl (C=O) groups excluding carboxylic acids is 1. The van der Waals surface area contributed by atoms with E-state index in [4.69, 9.17) is 0 Å². The van der Waals surface area contributed by atoms with E-state index in [-0.39, 0.29) is 24.9 Å². The van der Waals surface area contributed by atoms with Gasteiger partial charge in [-0.3, -0.25) is 9.59 Å². The van der Waals surface area contributed by atoms with Crippen LogP contribution in [0.1, 0.15) is 41.0 Å². The average Bonchev–Trinajstić information content (AvgIpc) is 2.62. The molecule has 0 aromatic heterocycles. The third-order valence-electron chi connectivity index (χ3n) is 4.46. The molecule has 0 fully saturated rings. The zero-order valence-electron chi connectivity index (χ0n) is 15.4. The van der Waals surface area contributed by atoms with Crippen molar-refractivity contribution < 1.29 is 27.9 Å². The molecule has 0 radical (unpaired) electrons. The molecule has 2 rings (SSSR count). The first-order valence-corrected chi connectivity index (χ1v) is 8.88. The normalized spacial score (nSPS) is 12.4. The molecule has 1 amide bonds. The highest BCUT2D eigenvalue weighted by Crippen LogP contribution is 2.28. The lowest BCUT2D eigenvalue weighted by molar-refractivity contribution is -0.143. The first-order valence-electron chi connectivity index (χ1n) is 8.88. The molecular formula is C21H22F3NO3. The maximum atomic E-state index is 12.6. The topological polar surface area (TPSA) is 66.4 Å². The molecular weight excluding hydrogens is 371 g/mol. The highest BCUT2D eigenvalue weighted by molar-refractivity contribution is 6.03. The molecule has 0 spiro atoms. The highest BCUT2D eigenvalue weighted by atomic mass is 19.4. The number of halogens is 3. The van der Waals surface area contributed by atoms with Crippen molar-refractivity contribution in [2.45, 2.75) is 44.8 Å². The standard InChI is InChI=1S/C21H22F3NO3/c1-14-7-5-10-17(16(14)11-6-12-21(22,23)24)18(20(27)28)19(26)25-13-15-8-3-2-4-9-15/h2-5,7-10,18H,6,11-13H2,1H3,(H,25,26)(H,27,28). The van der Waals surface area contributed by atoms with Crippen molar-refractivity contribution in [3.05, 3.63) is 70.8 Å². The van der Waals surface area contributed by atoms with Gasteiger partial charge in [0.2, 0.25) is 5.91 Å². The number of hydrogen-bond donors (Lipinski definition) is 2. The van der Waals surface area contributed by atoms with Gasteiger partial charge in [0.25, 0.3) is 0 Å². The Morgan fingerprint density at radius 2 is 1.75 bits per heavy atom. The lowest BCUT2D eigenvalue weighted by Gasteiger charge is -2.19. The Kier molecular flexibility index (Phi) is 7.20. The predicted molar refractivity (Wildman–Crippen MR) is 98.8 cm³/mol. The van der Waals surface area contributed by atoms with E-state index in [9.17, 15) is 27.9 Å². The van der Waals surface area contributed by atoms with Crippen LogP contribution < -0.4 is 5.32 Å². The molecule has 2 aromatic carbocycles. The molecule has 0 aliphatic heterocycles. The molecule has 7 heteroatoms. The van der Waals surface area contributed by atoms with Gasteiger partial charge in [-0.05, 0) is 42.0 Å². The largest absolute Gasteiger partial charge is 0.480 e. The van der Waals surface area contributed by atoms with Crippen LogP contribution in [0.25, 0.3) is 0 Å². The second kappa shape index (κ2) is 9.39. The molecule has 0 saturated carbocycles. The van der Waals surface area contributed by atoms with Crippen LogP contribution in [-0.2, 0) is 22.6 Å². The van der Waals surface area contributed by atoms with E-state index in [0.717, 1.165) is 5.56 Å². The van der Waals surface area contributed by atoms with Crippen molar-refractivity contribution in [2.24, 2.45) is 0 Å². The van der Waals surface area contributed by atoms with E-state index in [2.05, 4.69) is 5.32 Å². The minimum Gasteiger partial charge on any atom is -0.480 e. The predicted octanol–water partition coefficient (Wildman–Crippen LogP) is 4.36. The Bertz CT molecular complexity index is 819. The van der Waals surface area contributed by atoms with E-state index < -0.39 is 30.4 Å². The summed E-state index contributed by atoms with van der Waals surface area (Å²) in [4.78, 5) is 24.4. The van der Waals surface area contributed by atoms with Crippen LogP contribution in [0.5, 0.6) is 0 Å². The van der Waals surface area contributed by atoms with Crippen molar-refractivity contribution in [3.8, 4) is 0 Å². The molecule has 1 atom stereocenters. The van der Waals surface area contributed by atoms with E-state index in [0.29, 0.717) is 11.1 Å². The van der Waals surface area contributed by atoms with Gasteiger partial charge in [0.05, 0.1) is 0 Å². The van der Waals surface area contributed by atoms with Crippen LogP contribution in [0.3, 0.4) is 0 Å². The Morgan fingerprint density at radius 1 is 1.07 bits per heavy atom. The fourth-order valence-corrected chi connectivity index (χ4v) is 3.08. The minimum absolute atomic E-state index is 0.0528. The molecule has 1 unspecified atom stereocenters. The zero-order valence-corrected chi connectivity index (χ0v) is 15.4. The molecule has 0 aliphatic carbocycles. The van der Waals surface area contributed by atoms with Gasteiger partial charge in [0, 0.05) is 13.0 Å². The van der Waals surface area contributed by atoms with Gasteiger partial charge in [-0.25, -0.2) is 0 Å². The van der Waals surface area contributed by atoms with Gasteiger partial charge in [-0.2, -0.15) is 13.2 Å². The molecule has 0 bridgehead atoms. The minimum atomic E-state index is -4.28. The molecule has 0 aliphatic rings. The number of carboxylic acid groups (broad SMARTS) is 1. The summed E-state index contributed by atoms with van der Waals surface area (Å²) in [6.45, 7) is 1.87. The number of aryl methyl sites for hydroxylation is 1. The van der Waals surface area contributed by atoms with E-state index in [1.54, 1.807) is 43.3 Å². The number of rotatable bonds is 8. The number of amides is 1. The van der Waals surface area contributed by atoms with Crippen LogP contribution in [0.15, 0.2) is 48.5 Å². The van der Waals surface area contributed by atoms with Gasteiger partial charge < -0.3 is 10.4 Å². The van der Waals surface area contributed by atoms with Gasteiger partial charge in [0.15, 0.2) is 5.92 Å². The quantitative estimate of drug-likeness (QED) is 0.655. The summed E-state index contributed by atoms with van der Waals surface area (Å²) >= 11 is 0. The number of hydrogen-bond acceptors (Lipinski definition) is 2. The summed E-state index contributed by atoms with van der Waals surface area (Å²) in [5.41, 5.74) is 2.20. The Labute approximate surface area is 161 Å². The number of nitrogens with one attached hydrogen (secondary N) is 1. The maximum absolute atomic E-state index is 12.6. The number of carbonyl (C=O) groups is 2. The van der Waals surface area contributed by atoms with Gasteiger partial charge >= 0.3 is 12.1 Å². The molecule has 28 heavy (non-hydrogen) atoms. The first-order chi connectivity index (χ1) is 13.2. The molecule has 2 N–H and O–H groups in total. The third kappa shape index (κ3) is 6.11. The van der Waals surface area contributed by atoms with Gasteiger partial charge in [-0.15, -0.1) is 0 Å². The molecule has 0 heterocycles. The number of alkyl halides is 3. The average molecular weight is 393 g/mol. The Morgan fingerprint density at radius 3 is 2.36 bits per heavy atom. The van der Waals surface area contributed by atoms with Crippen LogP contribution in [0.4, 0.5) is 13.2 Å². The Hall–Kier alpha value is -2.83. The van der Waals surface area contributed by atoms with Gasteiger partial charge in [-0.1, -0.05) is 48.5 Å². The SMILES string of the molecule is Cc1cccc(C(C(=O)O)C(=O)NCc2ccccc2)c1CCCC(F)(F)F. The van der Waals surface area contributed by atoms with Crippen molar-refractivity contribution in [3.63, 3.8) is 0 Å². The van der Waals surface area contributed by atoms with Crippen LogP contribution >= 0.6 is 0 Å². The van der Waals surface area contributed by atoms with Crippen LogP contribution in [0, 0.1) is 6.92 Å². The molecule has 150 valence electrons. The second-order valence-electron chi connectivity index (χ2n) is 6.59. The summed E-state index contributed by atoms with van der Waals surface area (Å²) < 4.78 is 37.4. The zero-order chi connectivity index (χ0) is 20.7. The van der Waals surface area contributed by atoms with Crippen molar-refractivity contribution >= 4 is 11.9 Å². The maximum Gasteiger partial charge on any atom is 0.389 e. The molecule has 0 saturated heterocycles. The summed E-state index contributed by atoms with van der Waals surface area (Å²) in [6.07, 6.45) is -5.35. The van der Waals surface area contributed by atoms with Crippen molar-refractivity contribution in [1.82, 2.24) is 5.32 Å². The number of aliphatic carboxylic acids is 1. The lowest BCUT2D eigenvalue weighted by Crippen LogP contribution is -2.34. The lowest BCUT2D eigenvalue weighted by atomic mass is 9.88. The summed E-state index contributed by atoms with van der Waals surface area (Å²) in [6, 6.07) is 13.8. The van der Waals surface area contributed by atoms with Crippen molar-refractivity contribution in [1.29, 1.82) is 0 Å². The summed E-state index contributed by atoms with van der Waals surface area (Å²) in [7, 11) is 0. The van der Waals surface area contributed by atoms with E-state index in [1.165, 1.54) is 6.07 Å². The second-order valence-corrected chi connectivity index (χ2v) is 6.59. The van der Waals surface area contributed by atoms with Gasteiger partial charge in [0.1, 0.15) is 0 Å². The fourth-order valence-electron chi connectivity index (χ4n) is 3.08. The van der Waals surface area contributed by atoms with Crippen LogP contribution in [-0.4, -0.2) is 23.2 Å². The highest BCUT2D eigenvalue weighted by Gasteiger charge is 2.31. The summed E-state index contributed by atoms with van der Waals surface area (Å²) in [5.74, 6) is -3.52. The number of carboxylic acids is 1. The van der Waals surface area contributed by atoms with Crippen molar-refractivity contribution in [2.75, 3.05) is 0 Å². The van der Waals surface area contributed by atoms with E-state index >= 15 is 0 Å². The number of benzene rings is 2. The fraction of sp³-hybridized carbons (Fsp3) is 0.333. The first kappa shape index (κ1) is 21.5. The molecule has 4 nitrogen and oxygen atoms in total. The molecule has 2 aromatic rings. The third-order valence-corrected chi connectivity index (χ3v) is 4.46. The van der Waals surface area contributed by atoms with Crippen LogP contribution in [0.2, 0.25) is 0 Å². The monoisotopic (exact) mass is 393 g/mol.